The minimum Gasteiger partial charge on any atom is -0.233 e. The number of allylic oxidation sites excluding steroid dienone is 2. The third-order valence-corrected chi connectivity index (χ3v) is 4.20. The zero-order valence-corrected chi connectivity index (χ0v) is 13.5. The van der Waals surface area contributed by atoms with Gasteiger partial charge in [0, 0.05) is 27.2 Å². The Bertz CT molecular complexity index is 566. The molecule has 1 unspecified atom stereocenters. The Morgan fingerprint density at radius 2 is 1.77 bits per heavy atom. The van der Waals surface area contributed by atoms with Crippen LogP contribution in [-0.4, -0.2) is 48.4 Å². The van der Waals surface area contributed by atoms with Crippen molar-refractivity contribution in [3.8, 4) is 0 Å². The summed E-state index contributed by atoms with van der Waals surface area (Å²) in [4.78, 5) is 0. The standard InChI is InChI=1S/C19H25N3/c1-20(2)22(21-14-8-9-15-21)19-13-7-6-12-18(19)16-17-10-4-3-5-11-17/h3-7,10-13,16,19H,8-9,14-15H2,1-2H3. The molecule has 1 aromatic rings. The van der Waals surface area contributed by atoms with Crippen LogP contribution in [0.3, 0.4) is 0 Å². The number of hydrogen-bond acceptors (Lipinski definition) is 3. The highest BCUT2D eigenvalue weighted by molar-refractivity contribution is 5.59. The Balaban J connectivity index is 1.90. The molecule has 3 rings (SSSR count). The maximum atomic E-state index is 2.47. The highest BCUT2D eigenvalue weighted by Crippen LogP contribution is 2.25. The van der Waals surface area contributed by atoms with Gasteiger partial charge in [-0.25, -0.2) is 10.0 Å². The first-order valence-electron chi connectivity index (χ1n) is 8.08. The van der Waals surface area contributed by atoms with Crippen molar-refractivity contribution in [2.24, 2.45) is 0 Å². The van der Waals surface area contributed by atoms with E-state index < -0.39 is 0 Å². The fraction of sp³-hybridized carbons (Fsp3) is 0.368. The van der Waals surface area contributed by atoms with E-state index >= 15 is 0 Å². The van der Waals surface area contributed by atoms with E-state index in [0.717, 1.165) is 13.1 Å². The summed E-state index contributed by atoms with van der Waals surface area (Å²) < 4.78 is 0. The van der Waals surface area contributed by atoms with Crippen molar-refractivity contribution in [1.29, 1.82) is 0 Å². The lowest BCUT2D eigenvalue weighted by molar-refractivity contribution is -0.160. The van der Waals surface area contributed by atoms with Gasteiger partial charge in [0.15, 0.2) is 0 Å². The molecule has 22 heavy (non-hydrogen) atoms. The van der Waals surface area contributed by atoms with Crippen LogP contribution >= 0.6 is 0 Å². The van der Waals surface area contributed by atoms with E-state index in [-0.39, 0.29) is 6.04 Å². The van der Waals surface area contributed by atoms with Crippen molar-refractivity contribution < 1.29 is 0 Å². The lowest BCUT2D eigenvalue weighted by atomic mass is 9.99. The summed E-state index contributed by atoms with van der Waals surface area (Å²) in [6.45, 7) is 2.29. The van der Waals surface area contributed by atoms with Crippen LogP contribution in [0.4, 0.5) is 0 Å². The van der Waals surface area contributed by atoms with Gasteiger partial charge < -0.3 is 0 Å². The number of rotatable bonds is 4. The van der Waals surface area contributed by atoms with E-state index in [0.29, 0.717) is 0 Å². The molecule has 0 aromatic heterocycles. The molecule has 1 aliphatic carbocycles. The van der Waals surface area contributed by atoms with Crippen molar-refractivity contribution in [3.63, 3.8) is 0 Å². The van der Waals surface area contributed by atoms with Crippen molar-refractivity contribution in [2.75, 3.05) is 27.2 Å². The molecule has 1 saturated heterocycles. The Hall–Kier alpha value is -1.68. The first-order valence-corrected chi connectivity index (χ1v) is 8.08. The van der Waals surface area contributed by atoms with Gasteiger partial charge in [0.25, 0.3) is 0 Å². The molecule has 0 amide bonds. The van der Waals surface area contributed by atoms with E-state index in [1.165, 1.54) is 24.0 Å². The summed E-state index contributed by atoms with van der Waals surface area (Å²) in [6, 6.07) is 10.8. The molecular weight excluding hydrogens is 270 g/mol. The number of hydrogen-bond donors (Lipinski definition) is 0. The van der Waals surface area contributed by atoms with E-state index in [1.54, 1.807) is 0 Å². The van der Waals surface area contributed by atoms with Crippen LogP contribution in [0.15, 0.2) is 60.2 Å². The van der Waals surface area contributed by atoms with E-state index in [4.69, 9.17) is 0 Å². The molecule has 1 aliphatic heterocycles. The van der Waals surface area contributed by atoms with Gasteiger partial charge in [-0.15, -0.1) is 0 Å². The van der Waals surface area contributed by atoms with Crippen LogP contribution < -0.4 is 0 Å². The van der Waals surface area contributed by atoms with E-state index in [2.05, 4.69) is 89.9 Å². The van der Waals surface area contributed by atoms with Crippen molar-refractivity contribution in [3.05, 3.63) is 65.8 Å². The Morgan fingerprint density at radius 3 is 2.45 bits per heavy atom. The molecule has 3 nitrogen and oxygen atoms in total. The largest absolute Gasteiger partial charge is 0.233 e. The molecule has 3 heteroatoms. The lowest BCUT2D eigenvalue weighted by Crippen LogP contribution is -2.54. The van der Waals surface area contributed by atoms with Gasteiger partial charge in [-0.2, -0.15) is 5.12 Å². The van der Waals surface area contributed by atoms with Gasteiger partial charge >= 0.3 is 0 Å². The molecule has 116 valence electrons. The number of nitrogens with zero attached hydrogens (tertiary/aromatic N) is 3. The Morgan fingerprint density at radius 1 is 1.05 bits per heavy atom. The molecule has 0 N–H and O–H groups in total. The average molecular weight is 295 g/mol. The zero-order chi connectivity index (χ0) is 15.4. The molecule has 2 aliphatic rings. The number of benzene rings is 1. The smallest absolute Gasteiger partial charge is 0.0838 e. The predicted molar refractivity (Wildman–Crippen MR) is 92.8 cm³/mol. The molecule has 1 heterocycles. The summed E-state index contributed by atoms with van der Waals surface area (Å²) in [6.07, 6.45) is 13.7. The van der Waals surface area contributed by atoms with Gasteiger partial charge in [0.05, 0.1) is 6.04 Å². The van der Waals surface area contributed by atoms with Gasteiger partial charge in [0.1, 0.15) is 0 Å². The maximum Gasteiger partial charge on any atom is 0.0838 e. The van der Waals surface area contributed by atoms with Crippen molar-refractivity contribution >= 4 is 6.08 Å². The third-order valence-electron chi connectivity index (χ3n) is 4.20. The second-order valence-corrected chi connectivity index (χ2v) is 6.07. The zero-order valence-electron chi connectivity index (χ0n) is 13.5. The summed E-state index contributed by atoms with van der Waals surface area (Å²) >= 11 is 0. The maximum absolute atomic E-state index is 2.47. The highest BCUT2D eigenvalue weighted by atomic mass is 15.9. The van der Waals surface area contributed by atoms with E-state index in [1.807, 2.05) is 0 Å². The van der Waals surface area contributed by atoms with Crippen LogP contribution in [0.5, 0.6) is 0 Å². The molecular formula is C19H25N3. The molecule has 0 bridgehead atoms. The Kier molecular flexibility index (Phi) is 4.88. The second kappa shape index (κ2) is 7.05. The summed E-state index contributed by atoms with van der Waals surface area (Å²) in [5.41, 5.74) is 2.58. The lowest BCUT2D eigenvalue weighted by Gasteiger charge is -2.42. The fourth-order valence-electron chi connectivity index (χ4n) is 3.21. The minimum atomic E-state index is 0.262. The molecule has 1 atom stereocenters. The minimum absolute atomic E-state index is 0.262. The summed E-state index contributed by atoms with van der Waals surface area (Å²) in [5, 5.41) is 7.06. The average Bonchev–Trinajstić information content (AvgIpc) is 3.04. The monoisotopic (exact) mass is 295 g/mol. The van der Waals surface area contributed by atoms with E-state index in [9.17, 15) is 0 Å². The predicted octanol–water partition coefficient (Wildman–Crippen LogP) is 3.35. The molecule has 0 saturated carbocycles. The van der Waals surface area contributed by atoms with Crippen molar-refractivity contribution in [2.45, 2.75) is 18.9 Å². The quantitative estimate of drug-likeness (QED) is 0.789. The first kappa shape index (κ1) is 15.2. The first-order chi connectivity index (χ1) is 10.8. The van der Waals surface area contributed by atoms with Crippen LogP contribution in [0.1, 0.15) is 18.4 Å². The fourth-order valence-corrected chi connectivity index (χ4v) is 3.21. The summed E-state index contributed by atoms with van der Waals surface area (Å²) in [7, 11) is 4.26. The SMILES string of the molecule is CN(C)N(C1C=CC=CC1=Cc1ccccc1)N1CCCC1. The molecule has 0 spiro atoms. The van der Waals surface area contributed by atoms with Crippen LogP contribution in [0.2, 0.25) is 0 Å². The highest BCUT2D eigenvalue weighted by Gasteiger charge is 2.29. The van der Waals surface area contributed by atoms with Crippen LogP contribution in [0.25, 0.3) is 6.08 Å². The second-order valence-electron chi connectivity index (χ2n) is 6.07. The summed E-state index contributed by atoms with van der Waals surface area (Å²) in [5.74, 6) is 0. The Labute approximate surface area is 133 Å². The van der Waals surface area contributed by atoms with Gasteiger partial charge in [-0.3, -0.25) is 0 Å². The van der Waals surface area contributed by atoms with Crippen LogP contribution in [-0.2, 0) is 0 Å². The molecule has 1 aromatic carbocycles. The van der Waals surface area contributed by atoms with Crippen LogP contribution in [0, 0.1) is 0 Å². The third kappa shape index (κ3) is 3.38. The molecule has 0 radical (unpaired) electrons. The van der Waals surface area contributed by atoms with Gasteiger partial charge in [-0.1, -0.05) is 54.6 Å². The van der Waals surface area contributed by atoms with Gasteiger partial charge in [0.2, 0.25) is 0 Å². The molecule has 1 fully saturated rings. The number of hydrazine groups is 2. The normalized spacial score (nSPS) is 24.0. The van der Waals surface area contributed by atoms with Gasteiger partial charge in [-0.05, 0) is 30.1 Å². The van der Waals surface area contributed by atoms with Crippen molar-refractivity contribution in [1.82, 2.24) is 15.1 Å². The topological polar surface area (TPSA) is 9.72 Å².